The van der Waals surface area contributed by atoms with E-state index >= 15 is 0 Å². The van der Waals surface area contributed by atoms with Crippen LogP contribution in [0.4, 0.5) is 0 Å². The van der Waals surface area contributed by atoms with Gasteiger partial charge >= 0.3 is 23.9 Å². The Morgan fingerprint density at radius 1 is 0.383 bits per heavy atom. The van der Waals surface area contributed by atoms with Crippen LogP contribution in [0.1, 0.15) is 45.6 Å². The Kier molecular flexibility index (Phi) is 13.7. The Bertz CT molecular complexity index is 2210. The summed E-state index contributed by atoms with van der Waals surface area (Å²) < 4.78 is 23.4. The van der Waals surface area contributed by atoms with Gasteiger partial charge in [-0.25, -0.2) is 19.2 Å². The number of carbonyl (C=O) groups is 4. The molecule has 0 unspecified atom stereocenters. The number of phenolic OH excluding ortho intramolecular Hbond substituents is 4. The molecule has 2 atom stereocenters. The van der Waals surface area contributed by atoms with Gasteiger partial charge < -0.3 is 39.4 Å². The Hall–Kier alpha value is -8.12. The molecule has 0 aliphatic heterocycles. The Labute approximate surface area is 344 Å². The molecule has 0 bridgehead atoms. The van der Waals surface area contributed by atoms with Crippen molar-refractivity contribution in [3.05, 3.63) is 203 Å². The van der Waals surface area contributed by atoms with Crippen LogP contribution in [0, 0.1) is 0 Å². The third-order valence-corrected chi connectivity index (χ3v) is 8.93. The molecule has 0 aliphatic rings. The zero-order valence-electron chi connectivity index (χ0n) is 31.7. The van der Waals surface area contributed by atoms with Crippen LogP contribution in [-0.2, 0) is 38.1 Å². The molecular weight excluding hydrogens is 769 g/mol. The van der Waals surface area contributed by atoms with Crippen molar-refractivity contribution in [1.29, 1.82) is 0 Å². The highest BCUT2D eigenvalue weighted by molar-refractivity contribution is 5.95. The van der Waals surface area contributed by atoms with Gasteiger partial charge in [-0.05, 0) is 69.8 Å². The first kappa shape index (κ1) is 41.5. The second-order valence-electron chi connectivity index (χ2n) is 13.2. The van der Waals surface area contributed by atoms with E-state index in [1.165, 1.54) is 48.6 Å². The van der Waals surface area contributed by atoms with Gasteiger partial charge in [0.1, 0.15) is 0 Å². The lowest BCUT2D eigenvalue weighted by Crippen LogP contribution is -2.47. The fourth-order valence-electron chi connectivity index (χ4n) is 5.95. The molecule has 0 fully saturated rings. The van der Waals surface area contributed by atoms with Crippen molar-refractivity contribution in [3.63, 3.8) is 0 Å². The maximum Gasteiger partial charge on any atom is 0.353 e. The molecule has 0 radical (unpaired) electrons. The van der Waals surface area contributed by atoms with Gasteiger partial charge in [0.05, 0.1) is 0 Å². The number of ether oxygens (including phenoxy) is 4. The fraction of sp³-hybridized carbons (Fsp3) is 0.0833. The molecule has 4 N–H and O–H groups in total. The molecule has 0 heterocycles. The first-order chi connectivity index (χ1) is 29.0. The van der Waals surface area contributed by atoms with Crippen LogP contribution in [0.2, 0.25) is 0 Å². The maximum absolute atomic E-state index is 14.5. The lowest BCUT2D eigenvalue weighted by Gasteiger charge is -2.28. The smallest absolute Gasteiger partial charge is 0.353 e. The summed E-state index contributed by atoms with van der Waals surface area (Å²) >= 11 is 0. The van der Waals surface area contributed by atoms with E-state index in [4.69, 9.17) is 18.9 Å². The van der Waals surface area contributed by atoms with Gasteiger partial charge in [0.25, 0.3) is 0 Å². The summed E-state index contributed by atoms with van der Waals surface area (Å²) in [6.45, 7) is 0. The minimum absolute atomic E-state index is 0.260. The first-order valence-electron chi connectivity index (χ1n) is 18.5. The average molecular weight is 807 g/mol. The molecule has 6 rings (SSSR count). The molecule has 12 heteroatoms. The van der Waals surface area contributed by atoms with E-state index in [1.807, 2.05) is 0 Å². The van der Waals surface area contributed by atoms with E-state index in [2.05, 4.69) is 0 Å². The summed E-state index contributed by atoms with van der Waals surface area (Å²) in [6, 6.07) is 42.2. The molecule has 0 aromatic heterocycles. The largest absolute Gasteiger partial charge is 0.504 e. The van der Waals surface area contributed by atoms with Crippen LogP contribution in [0.15, 0.2) is 170 Å². The van der Waals surface area contributed by atoms with Crippen molar-refractivity contribution in [2.45, 2.75) is 24.4 Å². The fourth-order valence-corrected chi connectivity index (χ4v) is 5.95. The number of hydrogen-bond acceptors (Lipinski definition) is 12. The number of rotatable bonds is 15. The summed E-state index contributed by atoms with van der Waals surface area (Å²) in [5.74, 6) is -6.66. The lowest BCUT2D eigenvalue weighted by atomic mass is 10.0. The number of phenols is 4. The third kappa shape index (κ3) is 11.0. The molecule has 0 saturated carbocycles. The van der Waals surface area contributed by atoms with Gasteiger partial charge in [-0.1, -0.05) is 133 Å². The first-order valence-corrected chi connectivity index (χ1v) is 18.5. The quantitative estimate of drug-likeness (QED) is 0.0343. The molecule has 6 aromatic carbocycles. The minimum atomic E-state index is -2.28. The van der Waals surface area contributed by atoms with Crippen LogP contribution < -0.4 is 0 Å². The molecule has 6 aromatic rings. The van der Waals surface area contributed by atoms with Gasteiger partial charge in [-0.3, -0.25) is 0 Å². The van der Waals surface area contributed by atoms with Gasteiger partial charge in [-0.2, -0.15) is 0 Å². The van der Waals surface area contributed by atoms with Crippen molar-refractivity contribution < 1.29 is 58.6 Å². The van der Waals surface area contributed by atoms with Crippen molar-refractivity contribution in [1.82, 2.24) is 0 Å². The van der Waals surface area contributed by atoms with E-state index in [-0.39, 0.29) is 11.1 Å². The predicted octanol–water partition coefficient (Wildman–Crippen LogP) is 7.72. The van der Waals surface area contributed by atoms with Crippen molar-refractivity contribution >= 4 is 36.0 Å². The van der Waals surface area contributed by atoms with Crippen LogP contribution >= 0.6 is 0 Å². The summed E-state index contributed by atoms with van der Waals surface area (Å²) in [6.07, 6.45) is -2.50. The van der Waals surface area contributed by atoms with Crippen molar-refractivity contribution in [2.24, 2.45) is 0 Å². The normalized spacial score (nSPS) is 12.2. The van der Waals surface area contributed by atoms with Crippen LogP contribution in [-0.4, -0.2) is 56.5 Å². The Morgan fingerprint density at radius 3 is 0.967 bits per heavy atom. The number of aromatic hydroxyl groups is 4. The average Bonchev–Trinajstić information content (AvgIpc) is 3.27. The number of hydrogen-bond donors (Lipinski definition) is 4. The molecule has 0 aliphatic carbocycles. The summed E-state index contributed by atoms with van der Waals surface area (Å²) in [4.78, 5) is 56.2. The highest BCUT2D eigenvalue weighted by atomic mass is 16.6. The second kappa shape index (κ2) is 19.8. The van der Waals surface area contributed by atoms with Crippen LogP contribution in [0.3, 0.4) is 0 Å². The second-order valence-corrected chi connectivity index (χ2v) is 13.2. The summed E-state index contributed by atoms with van der Waals surface area (Å²) in [5, 5.41) is 39.4. The predicted molar refractivity (Wildman–Crippen MR) is 219 cm³/mol. The highest BCUT2D eigenvalue weighted by Gasteiger charge is 2.44. The Morgan fingerprint density at radius 2 is 0.683 bits per heavy atom. The third-order valence-electron chi connectivity index (χ3n) is 8.93. The topological polar surface area (TPSA) is 186 Å². The molecule has 0 saturated heterocycles. The van der Waals surface area contributed by atoms with E-state index < -0.39 is 71.3 Å². The zero-order valence-corrected chi connectivity index (χ0v) is 31.7. The van der Waals surface area contributed by atoms with E-state index in [0.29, 0.717) is 22.3 Å². The zero-order chi connectivity index (χ0) is 42.4. The molecule has 12 nitrogen and oxygen atoms in total. The van der Waals surface area contributed by atoms with Gasteiger partial charge in [0, 0.05) is 12.2 Å². The van der Waals surface area contributed by atoms with Crippen LogP contribution in [0.25, 0.3) is 12.2 Å². The number of benzene rings is 6. The SMILES string of the molecule is O=C(C=Cc1ccc(O)c(O)c1)O[C@H](C(=O)OC(c1ccccc1)c1ccccc1)[C@H](OC(=O)C=Cc1ccc(O)c(O)c1)C(=O)OC(c1ccccc1)c1ccccc1. The lowest BCUT2D eigenvalue weighted by molar-refractivity contribution is -0.191. The molecule has 60 heavy (non-hydrogen) atoms. The van der Waals surface area contributed by atoms with Crippen molar-refractivity contribution in [3.8, 4) is 23.0 Å². The summed E-state index contributed by atoms with van der Waals surface area (Å²) in [5.41, 5.74) is 2.63. The maximum atomic E-state index is 14.5. The molecule has 302 valence electrons. The van der Waals surface area contributed by atoms with E-state index in [0.717, 1.165) is 12.2 Å². The van der Waals surface area contributed by atoms with Gasteiger partial charge in [0.15, 0.2) is 35.2 Å². The van der Waals surface area contributed by atoms with E-state index in [9.17, 15) is 39.6 Å². The minimum Gasteiger partial charge on any atom is -0.504 e. The summed E-state index contributed by atoms with van der Waals surface area (Å²) in [7, 11) is 0. The monoisotopic (exact) mass is 806 g/mol. The molecular formula is C48H38O12. The van der Waals surface area contributed by atoms with Crippen molar-refractivity contribution in [2.75, 3.05) is 0 Å². The van der Waals surface area contributed by atoms with E-state index in [1.54, 1.807) is 121 Å². The number of esters is 4. The Balaban J connectivity index is 1.41. The highest BCUT2D eigenvalue weighted by Crippen LogP contribution is 2.31. The van der Waals surface area contributed by atoms with Gasteiger partial charge in [0.2, 0.25) is 12.2 Å². The molecule has 0 amide bonds. The standard InChI is InChI=1S/C48H38O12/c49-37-25-21-31(29-39(37)51)23-27-41(53)57-45(47(55)59-43(33-13-5-1-6-14-33)34-15-7-2-8-16-34)46(58-42(54)28-24-32-22-26-38(50)40(52)30-32)48(56)60-44(35-17-9-3-10-18-35)36-19-11-4-12-20-36/h1-30,43-46,49-52H/t45-,46-/m0/s1. The molecule has 0 spiro atoms. The number of carbonyl (C=O) groups excluding carboxylic acids is 4. The van der Waals surface area contributed by atoms with Crippen LogP contribution in [0.5, 0.6) is 23.0 Å². The van der Waals surface area contributed by atoms with Gasteiger partial charge in [-0.15, -0.1) is 0 Å².